The molecule has 39 heavy (non-hydrogen) atoms. The fourth-order valence-electron chi connectivity index (χ4n) is 4.62. The van der Waals surface area contributed by atoms with Crippen molar-refractivity contribution in [2.75, 3.05) is 12.0 Å². The number of thiophene rings is 1. The molecule has 0 spiro atoms. The molecule has 1 fully saturated rings. The Bertz CT molecular complexity index is 1530. The van der Waals surface area contributed by atoms with Crippen LogP contribution in [0.3, 0.4) is 0 Å². The van der Waals surface area contributed by atoms with E-state index in [1.807, 2.05) is 60.0 Å². The summed E-state index contributed by atoms with van der Waals surface area (Å²) >= 11 is 1.41. The van der Waals surface area contributed by atoms with Gasteiger partial charge in [0.05, 0.1) is 18.2 Å². The number of methoxy groups -OCH3 is 1. The van der Waals surface area contributed by atoms with E-state index in [9.17, 15) is 14.7 Å². The van der Waals surface area contributed by atoms with Gasteiger partial charge in [-0.3, -0.25) is 14.5 Å². The second kappa shape index (κ2) is 10.4. The summed E-state index contributed by atoms with van der Waals surface area (Å²) in [6, 6.07) is 24.8. The lowest BCUT2D eigenvalue weighted by Crippen LogP contribution is -2.29. The molecule has 7 heteroatoms. The number of aliphatic hydroxyl groups is 1. The molecule has 1 atom stereocenters. The predicted molar refractivity (Wildman–Crippen MR) is 154 cm³/mol. The predicted octanol–water partition coefficient (Wildman–Crippen LogP) is 7.47. The molecule has 1 amide bonds. The first-order valence-electron chi connectivity index (χ1n) is 12.6. The number of para-hydroxylation sites is 1. The molecule has 6 nitrogen and oxygen atoms in total. The highest BCUT2D eigenvalue weighted by atomic mass is 32.1. The van der Waals surface area contributed by atoms with Gasteiger partial charge in [0, 0.05) is 10.6 Å². The lowest BCUT2D eigenvalue weighted by molar-refractivity contribution is -0.132. The van der Waals surface area contributed by atoms with E-state index in [0.29, 0.717) is 28.5 Å². The number of nitrogens with zero attached hydrogens (tertiary/aromatic N) is 1. The molecule has 1 aliphatic heterocycles. The van der Waals surface area contributed by atoms with E-state index in [1.165, 1.54) is 23.3 Å². The quantitative estimate of drug-likeness (QED) is 0.156. The number of benzene rings is 3. The lowest BCUT2D eigenvalue weighted by atomic mass is 9.85. The van der Waals surface area contributed by atoms with Crippen LogP contribution < -0.4 is 14.4 Å². The van der Waals surface area contributed by atoms with Gasteiger partial charge in [-0.1, -0.05) is 51.1 Å². The summed E-state index contributed by atoms with van der Waals surface area (Å²) < 4.78 is 11.4. The van der Waals surface area contributed by atoms with E-state index >= 15 is 0 Å². The minimum atomic E-state index is -0.797. The van der Waals surface area contributed by atoms with Crippen LogP contribution in [-0.4, -0.2) is 23.9 Å². The van der Waals surface area contributed by atoms with Crippen molar-refractivity contribution in [3.63, 3.8) is 0 Å². The molecular formula is C32H29NO5S. The van der Waals surface area contributed by atoms with E-state index < -0.39 is 17.7 Å². The van der Waals surface area contributed by atoms with E-state index in [-0.39, 0.29) is 16.7 Å². The van der Waals surface area contributed by atoms with Crippen molar-refractivity contribution < 1.29 is 24.2 Å². The molecule has 1 aliphatic rings. The first kappa shape index (κ1) is 26.3. The van der Waals surface area contributed by atoms with Crippen molar-refractivity contribution in [3.8, 4) is 17.2 Å². The fourth-order valence-corrected chi connectivity index (χ4v) is 5.44. The third-order valence-corrected chi connectivity index (χ3v) is 7.60. The molecule has 3 aromatic carbocycles. The van der Waals surface area contributed by atoms with E-state index in [2.05, 4.69) is 20.8 Å². The average Bonchev–Trinajstić information content (AvgIpc) is 3.55. The summed E-state index contributed by atoms with van der Waals surface area (Å²) in [4.78, 5) is 29.2. The Balaban J connectivity index is 1.60. The van der Waals surface area contributed by atoms with Crippen molar-refractivity contribution in [1.82, 2.24) is 0 Å². The molecule has 4 aromatic rings. The number of carbonyl (C=O) groups excluding carboxylic acids is 2. The highest BCUT2D eigenvalue weighted by Gasteiger charge is 2.47. The van der Waals surface area contributed by atoms with Crippen LogP contribution in [-0.2, 0) is 15.0 Å². The minimum Gasteiger partial charge on any atom is -0.507 e. The fraction of sp³-hybridized carbons (Fsp3) is 0.188. The molecule has 0 saturated carbocycles. The lowest BCUT2D eigenvalue weighted by Gasteiger charge is -2.25. The Morgan fingerprint density at radius 1 is 0.897 bits per heavy atom. The first-order chi connectivity index (χ1) is 18.7. The Morgan fingerprint density at radius 2 is 1.59 bits per heavy atom. The number of amides is 1. The van der Waals surface area contributed by atoms with Gasteiger partial charge in [0.25, 0.3) is 11.7 Å². The number of rotatable bonds is 6. The summed E-state index contributed by atoms with van der Waals surface area (Å²) in [5, 5.41) is 13.5. The van der Waals surface area contributed by atoms with Crippen molar-refractivity contribution >= 4 is 34.5 Å². The van der Waals surface area contributed by atoms with Crippen LogP contribution in [0.4, 0.5) is 5.69 Å². The smallest absolute Gasteiger partial charge is 0.300 e. The van der Waals surface area contributed by atoms with Gasteiger partial charge < -0.3 is 14.6 Å². The summed E-state index contributed by atoms with van der Waals surface area (Å²) in [6.45, 7) is 6.19. The highest BCUT2D eigenvalue weighted by molar-refractivity contribution is 7.10. The maximum absolute atomic E-state index is 13.5. The summed E-state index contributed by atoms with van der Waals surface area (Å²) in [5.74, 6) is -0.0229. The van der Waals surface area contributed by atoms with E-state index in [4.69, 9.17) is 9.47 Å². The Morgan fingerprint density at radius 3 is 2.21 bits per heavy atom. The van der Waals surface area contributed by atoms with Crippen molar-refractivity contribution in [2.24, 2.45) is 0 Å². The molecule has 5 rings (SSSR count). The topological polar surface area (TPSA) is 76.1 Å². The van der Waals surface area contributed by atoms with Gasteiger partial charge in [-0.2, -0.15) is 0 Å². The van der Waals surface area contributed by atoms with Gasteiger partial charge in [-0.15, -0.1) is 11.3 Å². The molecule has 0 radical (unpaired) electrons. The monoisotopic (exact) mass is 539 g/mol. The second-order valence-corrected chi connectivity index (χ2v) is 11.2. The molecule has 1 saturated heterocycles. The number of Topliss-reactive ketones (excluding diaryl/α,β-unsaturated/α-hetero) is 1. The van der Waals surface area contributed by atoms with Crippen LogP contribution >= 0.6 is 11.3 Å². The maximum Gasteiger partial charge on any atom is 0.300 e. The van der Waals surface area contributed by atoms with Crippen LogP contribution in [0.25, 0.3) is 5.76 Å². The normalized spacial score (nSPS) is 16.9. The second-order valence-electron chi connectivity index (χ2n) is 10.3. The highest BCUT2D eigenvalue weighted by Crippen LogP contribution is 2.45. The number of carbonyl (C=O) groups is 2. The Hall–Kier alpha value is -4.36. The van der Waals surface area contributed by atoms with Gasteiger partial charge in [-0.05, 0) is 71.0 Å². The van der Waals surface area contributed by atoms with Crippen LogP contribution in [0.1, 0.15) is 42.8 Å². The standard InChI is InChI=1S/C32H29NO5S/c1-32(2,3)20-12-17-25(37-4)24(19-20)29(34)27-28(26-11-8-18-39-26)33(31(36)30(27)35)21-13-15-23(16-14-21)38-22-9-6-5-7-10-22/h5-19,28,34H,1-4H3/b29-27+. The zero-order chi connectivity index (χ0) is 27.7. The number of ether oxygens (including phenoxy) is 2. The Labute approximate surface area is 231 Å². The van der Waals surface area contributed by atoms with Gasteiger partial charge in [0.15, 0.2) is 0 Å². The van der Waals surface area contributed by atoms with Gasteiger partial charge in [0.2, 0.25) is 0 Å². The molecule has 0 bridgehead atoms. The van der Waals surface area contributed by atoms with Crippen LogP contribution in [0.5, 0.6) is 17.2 Å². The molecule has 1 aromatic heterocycles. The molecule has 1 N–H and O–H groups in total. The number of ketones is 1. The van der Waals surface area contributed by atoms with Crippen LogP contribution in [0.15, 0.2) is 95.9 Å². The largest absolute Gasteiger partial charge is 0.507 e. The van der Waals surface area contributed by atoms with Crippen LogP contribution in [0, 0.1) is 0 Å². The summed E-state index contributed by atoms with van der Waals surface area (Å²) in [6.07, 6.45) is 0. The Kier molecular flexibility index (Phi) is 7.02. The molecular weight excluding hydrogens is 510 g/mol. The number of anilines is 1. The van der Waals surface area contributed by atoms with Gasteiger partial charge in [0.1, 0.15) is 29.0 Å². The molecule has 2 heterocycles. The van der Waals surface area contributed by atoms with Crippen LogP contribution in [0.2, 0.25) is 0 Å². The number of hydrogen-bond donors (Lipinski definition) is 1. The third kappa shape index (κ3) is 5.05. The molecule has 0 aliphatic carbocycles. The molecule has 198 valence electrons. The summed E-state index contributed by atoms with van der Waals surface area (Å²) in [7, 11) is 1.51. The van der Waals surface area contributed by atoms with E-state index in [0.717, 1.165) is 10.4 Å². The van der Waals surface area contributed by atoms with E-state index in [1.54, 1.807) is 30.3 Å². The minimum absolute atomic E-state index is 0.0245. The zero-order valence-electron chi connectivity index (χ0n) is 22.2. The number of aliphatic hydroxyl groups excluding tert-OH is 1. The molecule has 1 unspecified atom stereocenters. The van der Waals surface area contributed by atoms with Gasteiger partial charge >= 0.3 is 0 Å². The SMILES string of the molecule is COc1ccc(C(C)(C)C)cc1/C(O)=C1\C(=O)C(=O)N(c2ccc(Oc3ccccc3)cc2)C1c1cccs1. The maximum atomic E-state index is 13.5. The average molecular weight is 540 g/mol. The van der Waals surface area contributed by atoms with Gasteiger partial charge in [-0.25, -0.2) is 0 Å². The zero-order valence-corrected chi connectivity index (χ0v) is 23.0. The first-order valence-corrected chi connectivity index (χ1v) is 13.4. The van der Waals surface area contributed by atoms with Crippen molar-refractivity contribution in [2.45, 2.75) is 32.2 Å². The summed E-state index contributed by atoms with van der Waals surface area (Å²) in [5.41, 5.74) is 1.67. The number of hydrogen-bond acceptors (Lipinski definition) is 6. The van der Waals surface area contributed by atoms with Crippen molar-refractivity contribution in [1.29, 1.82) is 0 Å². The third-order valence-electron chi connectivity index (χ3n) is 6.67. The van der Waals surface area contributed by atoms with Crippen molar-refractivity contribution in [3.05, 3.63) is 112 Å².